The molecule has 1 fully saturated rings. The average molecular weight is 470 g/mol. The Kier molecular flexibility index (Phi) is 6.61. The number of amides is 1. The van der Waals surface area contributed by atoms with Gasteiger partial charge in [0.25, 0.3) is 5.91 Å². The van der Waals surface area contributed by atoms with E-state index < -0.39 is 0 Å². The van der Waals surface area contributed by atoms with Crippen molar-refractivity contribution < 1.29 is 4.79 Å². The smallest absolute Gasteiger partial charge is 0.252 e. The molecule has 34 heavy (non-hydrogen) atoms. The van der Waals surface area contributed by atoms with Crippen LogP contribution >= 0.6 is 11.6 Å². The van der Waals surface area contributed by atoms with Gasteiger partial charge in [-0.1, -0.05) is 71.8 Å². The zero-order chi connectivity index (χ0) is 23.5. The lowest BCUT2D eigenvalue weighted by atomic mass is 10.00. The molecule has 4 nitrogen and oxygen atoms in total. The number of piperidine rings is 1. The summed E-state index contributed by atoms with van der Waals surface area (Å²) in [5.41, 5.74) is 5.42. The van der Waals surface area contributed by atoms with Crippen LogP contribution in [0.25, 0.3) is 22.2 Å². The lowest BCUT2D eigenvalue weighted by molar-refractivity contribution is 0.0910. The molecule has 0 spiro atoms. The molecule has 0 aliphatic carbocycles. The number of aromatic nitrogens is 1. The van der Waals surface area contributed by atoms with Gasteiger partial charge >= 0.3 is 0 Å². The third-order valence-electron chi connectivity index (χ3n) is 6.53. The number of benzene rings is 3. The van der Waals surface area contributed by atoms with Gasteiger partial charge < -0.3 is 5.32 Å². The molecule has 0 radical (unpaired) electrons. The molecule has 1 saturated heterocycles. The van der Waals surface area contributed by atoms with E-state index in [1.165, 1.54) is 5.56 Å². The molecule has 1 N–H and O–H groups in total. The van der Waals surface area contributed by atoms with Crippen molar-refractivity contribution in [2.75, 3.05) is 13.1 Å². The van der Waals surface area contributed by atoms with Crippen LogP contribution in [0.1, 0.15) is 34.3 Å². The van der Waals surface area contributed by atoms with Gasteiger partial charge in [0, 0.05) is 41.6 Å². The van der Waals surface area contributed by atoms with E-state index in [1.54, 1.807) is 0 Å². The van der Waals surface area contributed by atoms with Crippen molar-refractivity contribution in [2.45, 2.75) is 32.4 Å². The van der Waals surface area contributed by atoms with E-state index in [-0.39, 0.29) is 11.9 Å². The van der Waals surface area contributed by atoms with Crippen molar-refractivity contribution in [1.82, 2.24) is 15.2 Å². The number of aryl methyl sites for hydroxylation is 1. The molecule has 172 valence electrons. The maximum absolute atomic E-state index is 13.5. The van der Waals surface area contributed by atoms with E-state index >= 15 is 0 Å². The fourth-order valence-corrected chi connectivity index (χ4v) is 4.91. The van der Waals surface area contributed by atoms with E-state index in [1.807, 2.05) is 61.5 Å². The van der Waals surface area contributed by atoms with Crippen LogP contribution < -0.4 is 5.32 Å². The standard InChI is InChI=1S/C29H28ClN3O/c1-20-11-12-27-24(17-20)25(18-28(32-27)23-9-5-6-10-26(23)30)29(34)31-22-13-15-33(16-14-22)19-21-7-3-2-4-8-21/h2-12,17-18,22H,13-16,19H2,1H3,(H,31,34). The number of nitrogens with one attached hydrogen (secondary N) is 1. The van der Waals surface area contributed by atoms with Gasteiger partial charge in [-0.2, -0.15) is 0 Å². The topological polar surface area (TPSA) is 45.2 Å². The Bertz CT molecular complexity index is 1310. The first-order chi connectivity index (χ1) is 16.6. The number of nitrogens with zero attached hydrogens (tertiary/aromatic N) is 2. The molecule has 5 rings (SSSR count). The highest BCUT2D eigenvalue weighted by Gasteiger charge is 2.23. The van der Waals surface area contributed by atoms with Crippen LogP contribution in [0.2, 0.25) is 5.02 Å². The zero-order valence-corrected chi connectivity index (χ0v) is 20.1. The lowest BCUT2D eigenvalue weighted by Gasteiger charge is -2.32. The highest BCUT2D eigenvalue weighted by Crippen LogP contribution is 2.30. The Morgan fingerprint density at radius 2 is 1.74 bits per heavy atom. The molecule has 2 heterocycles. The summed E-state index contributed by atoms with van der Waals surface area (Å²) in [6, 6.07) is 26.2. The number of likely N-dealkylation sites (tertiary alicyclic amines) is 1. The predicted molar refractivity (Wildman–Crippen MR) is 139 cm³/mol. The van der Waals surface area contributed by atoms with Crippen molar-refractivity contribution in [2.24, 2.45) is 0 Å². The quantitative estimate of drug-likeness (QED) is 0.375. The third kappa shape index (κ3) is 4.98. The van der Waals surface area contributed by atoms with Crippen LogP contribution in [0.15, 0.2) is 78.9 Å². The first kappa shape index (κ1) is 22.6. The van der Waals surface area contributed by atoms with Gasteiger partial charge in [-0.3, -0.25) is 9.69 Å². The van der Waals surface area contributed by atoms with E-state index in [0.29, 0.717) is 16.3 Å². The van der Waals surface area contributed by atoms with Crippen molar-refractivity contribution in [3.63, 3.8) is 0 Å². The molecule has 3 aromatic carbocycles. The van der Waals surface area contributed by atoms with E-state index in [2.05, 4.69) is 34.5 Å². The molecular formula is C29H28ClN3O. The Balaban J connectivity index is 1.35. The van der Waals surface area contributed by atoms with Gasteiger partial charge in [0.05, 0.1) is 16.8 Å². The molecular weight excluding hydrogens is 442 g/mol. The number of pyridine rings is 1. The average Bonchev–Trinajstić information content (AvgIpc) is 2.85. The number of carbonyl (C=O) groups excluding carboxylic acids is 1. The second-order valence-electron chi connectivity index (χ2n) is 9.06. The Labute approximate surface area is 205 Å². The maximum atomic E-state index is 13.5. The monoisotopic (exact) mass is 469 g/mol. The Hall–Kier alpha value is -3.21. The van der Waals surface area contributed by atoms with Crippen LogP contribution in [0.5, 0.6) is 0 Å². The zero-order valence-electron chi connectivity index (χ0n) is 19.3. The van der Waals surface area contributed by atoms with E-state index in [4.69, 9.17) is 16.6 Å². The van der Waals surface area contributed by atoms with Crippen LogP contribution in [-0.2, 0) is 6.54 Å². The molecule has 0 bridgehead atoms. The second-order valence-corrected chi connectivity index (χ2v) is 9.47. The van der Waals surface area contributed by atoms with Gasteiger partial charge in [0.2, 0.25) is 0 Å². The van der Waals surface area contributed by atoms with Gasteiger partial charge in [0.1, 0.15) is 0 Å². The molecule has 0 unspecified atom stereocenters. The summed E-state index contributed by atoms with van der Waals surface area (Å²) >= 11 is 6.45. The van der Waals surface area contributed by atoms with Gasteiger partial charge in [-0.25, -0.2) is 4.98 Å². The van der Waals surface area contributed by atoms with Crippen LogP contribution in [0.3, 0.4) is 0 Å². The normalized spacial score (nSPS) is 14.9. The number of halogens is 1. The fourth-order valence-electron chi connectivity index (χ4n) is 4.67. The van der Waals surface area contributed by atoms with Crippen LogP contribution in [0, 0.1) is 6.92 Å². The van der Waals surface area contributed by atoms with Crippen molar-refractivity contribution in [1.29, 1.82) is 0 Å². The minimum absolute atomic E-state index is 0.0483. The molecule has 1 aliphatic rings. The summed E-state index contributed by atoms with van der Waals surface area (Å²) in [5, 5.41) is 4.79. The molecule has 4 aromatic rings. The predicted octanol–water partition coefficient (Wildman–Crippen LogP) is 6.26. The first-order valence-electron chi connectivity index (χ1n) is 11.8. The summed E-state index contributed by atoms with van der Waals surface area (Å²) in [6.45, 7) is 4.93. The Morgan fingerprint density at radius 1 is 1.00 bits per heavy atom. The minimum Gasteiger partial charge on any atom is -0.349 e. The van der Waals surface area contributed by atoms with Crippen molar-refractivity contribution >= 4 is 28.4 Å². The van der Waals surface area contributed by atoms with Gasteiger partial charge in [-0.15, -0.1) is 0 Å². The molecule has 5 heteroatoms. The number of hydrogen-bond donors (Lipinski definition) is 1. The maximum Gasteiger partial charge on any atom is 0.252 e. The molecule has 1 amide bonds. The van der Waals surface area contributed by atoms with Crippen molar-refractivity contribution in [3.05, 3.63) is 101 Å². The number of hydrogen-bond acceptors (Lipinski definition) is 3. The summed E-state index contributed by atoms with van der Waals surface area (Å²) in [7, 11) is 0. The van der Waals surface area contributed by atoms with Gasteiger partial charge in [0.15, 0.2) is 0 Å². The third-order valence-corrected chi connectivity index (χ3v) is 6.86. The largest absolute Gasteiger partial charge is 0.349 e. The SMILES string of the molecule is Cc1ccc2nc(-c3ccccc3Cl)cc(C(=O)NC3CCN(Cc4ccccc4)CC3)c2c1. The van der Waals surface area contributed by atoms with Gasteiger partial charge in [-0.05, 0) is 49.6 Å². The highest BCUT2D eigenvalue weighted by molar-refractivity contribution is 6.33. The van der Waals surface area contributed by atoms with Crippen molar-refractivity contribution in [3.8, 4) is 11.3 Å². The number of fused-ring (bicyclic) bond motifs is 1. The molecule has 0 atom stereocenters. The molecule has 0 saturated carbocycles. The first-order valence-corrected chi connectivity index (χ1v) is 12.2. The van der Waals surface area contributed by atoms with E-state index in [9.17, 15) is 4.79 Å². The summed E-state index contributed by atoms with van der Waals surface area (Å²) in [4.78, 5) is 20.8. The minimum atomic E-state index is -0.0483. The fraction of sp³-hybridized carbons (Fsp3) is 0.241. The lowest BCUT2D eigenvalue weighted by Crippen LogP contribution is -2.44. The second kappa shape index (κ2) is 9.96. The molecule has 1 aromatic heterocycles. The number of rotatable bonds is 5. The highest BCUT2D eigenvalue weighted by atomic mass is 35.5. The van der Waals surface area contributed by atoms with E-state index in [0.717, 1.165) is 54.5 Å². The Morgan fingerprint density at radius 3 is 2.50 bits per heavy atom. The number of carbonyl (C=O) groups is 1. The summed E-state index contributed by atoms with van der Waals surface area (Å²) in [5.74, 6) is -0.0483. The summed E-state index contributed by atoms with van der Waals surface area (Å²) in [6.07, 6.45) is 1.88. The molecule has 1 aliphatic heterocycles. The summed E-state index contributed by atoms with van der Waals surface area (Å²) < 4.78 is 0. The van der Waals surface area contributed by atoms with Crippen LogP contribution in [0.4, 0.5) is 0 Å². The van der Waals surface area contributed by atoms with Crippen LogP contribution in [-0.4, -0.2) is 34.9 Å².